The van der Waals surface area contributed by atoms with Gasteiger partial charge in [-0.25, -0.2) is 13.4 Å². The second-order valence-corrected chi connectivity index (χ2v) is 10.4. The molecule has 0 unspecified atom stereocenters. The molecule has 1 aromatic carbocycles. The first-order valence-corrected chi connectivity index (χ1v) is 12.8. The van der Waals surface area contributed by atoms with Crippen molar-refractivity contribution >= 4 is 27.7 Å². The van der Waals surface area contributed by atoms with Crippen LogP contribution in [0.5, 0.6) is 0 Å². The third kappa shape index (κ3) is 7.10. The van der Waals surface area contributed by atoms with Crippen LogP contribution in [0.25, 0.3) is 0 Å². The molecule has 8 nitrogen and oxygen atoms in total. The van der Waals surface area contributed by atoms with Gasteiger partial charge in [0.2, 0.25) is 21.8 Å². The van der Waals surface area contributed by atoms with E-state index >= 15 is 0 Å². The Balaban J connectivity index is 1.49. The molecule has 2 aromatic rings. The van der Waals surface area contributed by atoms with Crippen molar-refractivity contribution in [3.8, 4) is 0 Å². The van der Waals surface area contributed by atoms with Crippen LogP contribution in [0.4, 0.5) is 5.82 Å². The second-order valence-electron chi connectivity index (χ2n) is 8.48. The van der Waals surface area contributed by atoms with Crippen molar-refractivity contribution in [3.05, 3.63) is 53.7 Å². The molecule has 1 aromatic heterocycles. The van der Waals surface area contributed by atoms with Gasteiger partial charge in [0.15, 0.2) is 0 Å². The van der Waals surface area contributed by atoms with Gasteiger partial charge in [-0.15, -0.1) is 0 Å². The Morgan fingerprint density at radius 1 is 1.06 bits per heavy atom. The maximum Gasteiger partial charge on any atom is 0.245 e. The lowest BCUT2D eigenvalue weighted by molar-refractivity contribution is -0.133. The van der Waals surface area contributed by atoms with Gasteiger partial charge in [0.25, 0.3) is 0 Å². The van der Waals surface area contributed by atoms with Crippen molar-refractivity contribution < 1.29 is 18.0 Å². The Kier molecular flexibility index (Phi) is 8.57. The van der Waals surface area contributed by atoms with Crippen molar-refractivity contribution in [1.29, 1.82) is 0 Å². The van der Waals surface area contributed by atoms with E-state index in [9.17, 15) is 18.0 Å². The Hall–Kier alpha value is -2.78. The van der Waals surface area contributed by atoms with E-state index in [1.54, 1.807) is 47.9 Å². The first kappa shape index (κ1) is 24.9. The highest BCUT2D eigenvalue weighted by molar-refractivity contribution is 7.89. The molecule has 2 amide bonds. The molecule has 3 rings (SSSR count). The van der Waals surface area contributed by atoms with Crippen molar-refractivity contribution in [3.63, 3.8) is 0 Å². The van der Waals surface area contributed by atoms with Crippen LogP contribution < -0.4 is 5.32 Å². The van der Waals surface area contributed by atoms with Crippen molar-refractivity contribution in [2.75, 3.05) is 32.0 Å². The van der Waals surface area contributed by atoms with Gasteiger partial charge >= 0.3 is 0 Å². The Morgan fingerprint density at radius 2 is 1.73 bits per heavy atom. The third-order valence-electron chi connectivity index (χ3n) is 5.74. The molecule has 0 spiro atoms. The number of aromatic nitrogens is 1. The van der Waals surface area contributed by atoms with Crippen LogP contribution in [0.1, 0.15) is 43.2 Å². The minimum atomic E-state index is -3.48. The number of likely N-dealkylation sites (N-methyl/N-ethyl adjacent to an activating group) is 1. The van der Waals surface area contributed by atoms with Gasteiger partial charge < -0.3 is 10.2 Å². The standard InChI is InChI=1S/C24H32N4O4S/c1-19-13-14-25-22(17-19)26-23(29)18-27(2)24(30)12-9-20-7-10-21(11-8-20)33(31,32)28-15-5-3-4-6-16-28/h7-8,10-11,13-14,17H,3-6,9,12,15-16,18H2,1-2H3,(H,25,26,29). The Bertz CT molecular complexity index is 1060. The number of hydrogen-bond donors (Lipinski definition) is 1. The van der Waals surface area contributed by atoms with Gasteiger partial charge in [0, 0.05) is 32.8 Å². The van der Waals surface area contributed by atoms with E-state index in [2.05, 4.69) is 10.3 Å². The van der Waals surface area contributed by atoms with Gasteiger partial charge in [-0.2, -0.15) is 4.31 Å². The first-order chi connectivity index (χ1) is 15.8. The number of carbonyl (C=O) groups is 2. The van der Waals surface area contributed by atoms with Gasteiger partial charge in [-0.05, 0) is 61.6 Å². The molecule has 9 heteroatoms. The Morgan fingerprint density at radius 3 is 2.36 bits per heavy atom. The molecule has 1 N–H and O–H groups in total. The number of anilines is 1. The zero-order chi connectivity index (χ0) is 23.8. The van der Waals surface area contributed by atoms with E-state index in [-0.39, 0.29) is 29.7 Å². The lowest BCUT2D eigenvalue weighted by Gasteiger charge is -2.20. The predicted molar refractivity (Wildman–Crippen MR) is 127 cm³/mol. The average Bonchev–Trinajstić information content (AvgIpc) is 3.08. The molecule has 1 saturated heterocycles. The van der Waals surface area contributed by atoms with Crippen LogP contribution in [0.2, 0.25) is 0 Å². The zero-order valence-corrected chi connectivity index (χ0v) is 20.1. The SMILES string of the molecule is Cc1ccnc(NC(=O)CN(C)C(=O)CCc2ccc(S(=O)(=O)N3CCCCCC3)cc2)c1. The number of carbonyl (C=O) groups excluding carboxylic acids is 2. The summed E-state index contributed by atoms with van der Waals surface area (Å²) in [5.41, 5.74) is 1.86. The summed E-state index contributed by atoms with van der Waals surface area (Å²) in [6.07, 6.45) is 6.23. The summed E-state index contributed by atoms with van der Waals surface area (Å²) in [4.78, 5) is 30.4. The summed E-state index contributed by atoms with van der Waals surface area (Å²) >= 11 is 0. The number of rotatable bonds is 8. The normalized spacial score (nSPS) is 15.0. The average molecular weight is 473 g/mol. The Labute approximate surface area is 196 Å². The molecule has 1 aliphatic rings. The third-order valence-corrected chi connectivity index (χ3v) is 7.66. The fourth-order valence-electron chi connectivity index (χ4n) is 3.79. The highest BCUT2D eigenvalue weighted by Crippen LogP contribution is 2.21. The first-order valence-electron chi connectivity index (χ1n) is 11.3. The molecule has 0 atom stereocenters. The summed E-state index contributed by atoms with van der Waals surface area (Å²) in [6.45, 7) is 2.97. The number of benzene rings is 1. The number of pyridine rings is 1. The van der Waals surface area contributed by atoms with Crippen LogP contribution in [0.3, 0.4) is 0 Å². The topological polar surface area (TPSA) is 99.7 Å². The van der Waals surface area contributed by atoms with E-state index in [0.29, 0.717) is 25.3 Å². The highest BCUT2D eigenvalue weighted by Gasteiger charge is 2.25. The lowest BCUT2D eigenvalue weighted by Crippen LogP contribution is -2.35. The quantitative estimate of drug-likeness (QED) is 0.637. The summed E-state index contributed by atoms with van der Waals surface area (Å²) in [5.74, 6) is -0.0216. The number of nitrogens with zero attached hydrogens (tertiary/aromatic N) is 3. The minimum Gasteiger partial charge on any atom is -0.336 e. The lowest BCUT2D eigenvalue weighted by atomic mass is 10.1. The van der Waals surface area contributed by atoms with Gasteiger partial charge in [0.1, 0.15) is 5.82 Å². The summed E-state index contributed by atoms with van der Waals surface area (Å²) in [7, 11) is -1.89. The van der Waals surface area contributed by atoms with Gasteiger partial charge in [-0.1, -0.05) is 25.0 Å². The number of sulfonamides is 1. The molecule has 0 bridgehead atoms. The number of aryl methyl sites for hydroxylation is 2. The molecule has 33 heavy (non-hydrogen) atoms. The zero-order valence-electron chi connectivity index (χ0n) is 19.3. The van der Waals surface area contributed by atoms with Crippen molar-refractivity contribution in [2.45, 2.75) is 50.3 Å². The number of nitrogens with one attached hydrogen (secondary N) is 1. The number of hydrogen-bond acceptors (Lipinski definition) is 5. The largest absolute Gasteiger partial charge is 0.336 e. The predicted octanol–water partition coefficient (Wildman–Crippen LogP) is 2.98. The maximum atomic E-state index is 12.9. The van der Waals surface area contributed by atoms with Gasteiger partial charge in [-0.3, -0.25) is 9.59 Å². The van der Waals surface area contributed by atoms with Crippen LogP contribution in [0, 0.1) is 6.92 Å². The molecule has 2 heterocycles. The fourth-order valence-corrected chi connectivity index (χ4v) is 5.31. The van der Waals surface area contributed by atoms with E-state index in [1.165, 1.54) is 4.90 Å². The van der Waals surface area contributed by atoms with Crippen LogP contribution in [-0.2, 0) is 26.0 Å². The summed E-state index contributed by atoms with van der Waals surface area (Å²) in [5, 5.41) is 2.69. The molecular formula is C24H32N4O4S. The second kappa shape index (κ2) is 11.4. The van der Waals surface area contributed by atoms with Gasteiger partial charge in [0.05, 0.1) is 11.4 Å². The van der Waals surface area contributed by atoms with E-state index in [4.69, 9.17) is 0 Å². The smallest absolute Gasteiger partial charge is 0.245 e. The molecule has 1 aliphatic heterocycles. The fraction of sp³-hybridized carbons (Fsp3) is 0.458. The van der Waals surface area contributed by atoms with Crippen LogP contribution >= 0.6 is 0 Å². The van der Waals surface area contributed by atoms with Crippen molar-refractivity contribution in [2.24, 2.45) is 0 Å². The van der Waals surface area contributed by atoms with E-state index in [0.717, 1.165) is 36.8 Å². The molecular weight excluding hydrogens is 440 g/mol. The van der Waals surface area contributed by atoms with Crippen LogP contribution in [-0.4, -0.2) is 61.1 Å². The molecule has 0 radical (unpaired) electrons. The van der Waals surface area contributed by atoms with E-state index < -0.39 is 10.0 Å². The van der Waals surface area contributed by atoms with E-state index in [1.807, 2.05) is 13.0 Å². The molecule has 0 saturated carbocycles. The highest BCUT2D eigenvalue weighted by atomic mass is 32.2. The number of amides is 2. The monoisotopic (exact) mass is 472 g/mol. The molecule has 0 aliphatic carbocycles. The minimum absolute atomic E-state index is 0.0680. The molecule has 178 valence electrons. The summed E-state index contributed by atoms with van der Waals surface area (Å²) in [6, 6.07) is 10.3. The van der Waals surface area contributed by atoms with Crippen LogP contribution in [0.15, 0.2) is 47.5 Å². The maximum absolute atomic E-state index is 12.9. The summed E-state index contributed by atoms with van der Waals surface area (Å²) < 4.78 is 27.3. The molecule has 1 fully saturated rings. The van der Waals surface area contributed by atoms with Crippen molar-refractivity contribution in [1.82, 2.24) is 14.2 Å².